The first-order chi connectivity index (χ1) is 9.29. The molecule has 1 nitrogen and oxygen atoms in total. The summed E-state index contributed by atoms with van der Waals surface area (Å²) in [4.78, 5) is 1.20. The van der Waals surface area contributed by atoms with Gasteiger partial charge in [-0.3, -0.25) is 0 Å². The van der Waals surface area contributed by atoms with Crippen molar-refractivity contribution in [3.63, 3.8) is 0 Å². The van der Waals surface area contributed by atoms with E-state index in [1.165, 1.54) is 16.5 Å². The molecule has 20 heavy (non-hydrogen) atoms. The second kappa shape index (κ2) is 6.35. The lowest BCUT2D eigenvalue weighted by Crippen LogP contribution is -2.03. The molecule has 0 aliphatic rings. The molecule has 104 valence electrons. The fraction of sp³-hybridized carbons (Fsp3) is 0.125. The van der Waals surface area contributed by atoms with E-state index in [4.69, 9.17) is 5.73 Å². The lowest BCUT2D eigenvalue weighted by molar-refractivity contribution is 0.629. The summed E-state index contributed by atoms with van der Waals surface area (Å²) < 4.78 is 14.6. The molecule has 0 unspecified atom stereocenters. The van der Waals surface area contributed by atoms with E-state index in [-0.39, 0.29) is 18.2 Å². The average molecular weight is 308 g/mol. The fourth-order valence-electron chi connectivity index (χ4n) is 2.34. The van der Waals surface area contributed by atoms with Crippen LogP contribution in [0.1, 0.15) is 5.56 Å². The molecule has 0 saturated carbocycles. The molecule has 0 fully saturated rings. The van der Waals surface area contributed by atoms with E-state index in [9.17, 15) is 4.39 Å². The fourth-order valence-corrected chi connectivity index (χ4v) is 3.57. The van der Waals surface area contributed by atoms with E-state index in [0.717, 1.165) is 22.1 Å². The minimum atomic E-state index is -0.191. The Bertz CT molecular complexity index is 709. The zero-order chi connectivity index (χ0) is 13.2. The quantitative estimate of drug-likeness (QED) is 0.750. The van der Waals surface area contributed by atoms with Gasteiger partial charge < -0.3 is 5.73 Å². The Kier molecular flexibility index (Phi) is 4.76. The number of thiophene rings is 1. The van der Waals surface area contributed by atoms with E-state index in [1.54, 1.807) is 17.4 Å². The van der Waals surface area contributed by atoms with Crippen LogP contribution in [0.4, 0.5) is 4.39 Å². The lowest BCUT2D eigenvalue weighted by atomic mass is 10.0. The summed E-state index contributed by atoms with van der Waals surface area (Å²) in [5.41, 5.74) is 8.04. The number of hydrogen-bond acceptors (Lipinski definition) is 2. The molecule has 1 aromatic heterocycles. The van der Waals surface area contributed by atoms with Crippen LogP contribution >= 0.6 is 23.7 Å². The Balaban J connectivity index is 0.00000147. The molecule has 3 aromatic rings. The van der Waals surface area contributed by atoms with E-state index in [1.807, 2.05) is 24.3 Å². The summed E-state index contributed by atoms with van der Waals surface area (Å²) in [7, 11) is 0. The monoisotopic (exact) mass is 307 g/mol. The summed E-state index contributed by atoms with van der Waals surface area (Å²) in [6.45, 7) is 0.572. The maximum atomic E-state index is 13.4. The highest BCUT2D eigenvalue weighted by molar-refractivity contribution is 7.22. The second-order valence-corrected chi connectivity index (χ2v) is 5.51. The zero-order valence-electron chi connectivity index (χ0n) is 10.8. The van der Waals surface area contributed by atoms with E-state index in [2.05, 4.69) is 12.1 Å². The molecule has 1 heterocycles. The van der Waals surface area contributed by atoms with Crippen molar-refractivity contribution in [1.82, 2.24) is 0 Å². The van der Waals surface area contributed by atoms with Crippen LogP contribution < -0.4 is 5.73 Å². The van der Waals surface area contributed by atoms with E-state index in [0.29, 0.717) is 6.54 Å². The molecule has 0 saturated heterocycles. The van der Waals surface area contributed by atoms with Crippen molar-refractivity contribution in [1.29, 1.82) is 0 Å². The van der Waals surface area contributed by atoms with Crippen LogP contribution in [0.15, 0.2) is 48.5 Å². The maximum Gasteiger partial charge on any atom is 0.123 e. The van der Waals surface area contributed by atoms with Gasteiger partial charge in [0.1, 0.15) is 5.82 Å². The van der Waals surface area contributed by atoms with Crippen LogP contribution in [-0.4, -0.2) is 6.54 Å². The highest BCUT2D eigenvalue weighted by Crippen LogP contribution is 2.39. The Morgan fingerprint density at radius 3 is 2.50 bits per heavy atom. The van der Waals surface area contributed by atoms with Crippen molar-refractivity contribution in [2.45, 2.75) is 6.42 Å². The van der Waals surface area contributed by atoms with Crippen molar-refractivity contribution in [3.05, 3.63) is 59.9 Å². The predicted molar refractivity (Wildman–Crippen MR) is 87.2 cm³/mol. The van der Waals surface area contributed by atoms with Gasteiger partial charge in [0, 0.05) is 9.58 Å². The van der Waals surface area contributed by atoms with Crippen molar-refractivity contribution in [2.75, 3.05) is 6.54 Å². The highest BCUT2D eigenvalue weighted by Gasteiger charge is 2.13. The number of nitrogens with two attached hydrogens (primary N) is 1. The van der Waals surface area contributed by atoms with Gasteiger partial charge in [0.2, 0.25) is 0 Å². The van der Waals surface area contributed by atoms with Gasteiger partial charge in [-0.05, 0) is 47.7 Å². The normalized spacial score (nSPS) is 10.5. The molecule has 0 spiro atoms. The first kappa shape index (κ1) is 15.0. The Morgan fingerprint density at radius 1 is 1.05 bits per heavy atom. The van der Waals surface area contributed by atoms with Gasteiger partial charge >= 0.3 is 0 Å². The van der Waals surface area contributed by atoms with Gasteiger partial charge in [0.05, 0.1) is 0 Å². The summed E-state index contributed by atoms with van der Waals surface area (Å²) in [5, 5.41) is 0.995. The molecule has 0 aliphatic carbocycles. The molecular weight excluding hydrogens is 293 g/mol. The SMILES string of the molecule is Cl.NCCc1c(-c2ccccc2)sc2ccc(F)cc12. The van der Waals surface area contributed by atoms with Gasteiger partial charge in [0.15, 0.2) is 0 Å². The topological polar surface area (TPSA) is 26.0 Å². The van der Waals surface area contributed by atoms with Crippen molar-refractivity contribution >= 4 is 33.8 Å². The Labute approximate surface area is 127 Å². The molecule has 0 aliphatic heterocycles. The summed E-state index contributed by atoms with van der Waals surface area (Å²) >= 11 is 1.70. The third-order valence-electron chi connectivity index (χ3n) is 3.18. The molecular formula is C16H15ClFNS. The zero-order valence-corrected chi connectivity index (χ0v) is 12.4. The van der Waals surface area contributed by atoms with Crippen LogP contribution in [0.5, 0.6) is 0 Å². The number of benzene rings is 2. The van der Waals surface area contributed by atoms with Crippen LogP contribution in [0.2, 0.25) is 0 Å². The summed E-state index contributed by atoms with van der Waals surface area (Å²) in [6.07, 6.45) is 0.772. The van der Waals surface area contributed by atoms with Crippen molar-refractivity contribution in [2.24, 2.45) is 5.73 Å². The largest absolute Gasteiger partial charge is 0.330 e. The van der Waals surface area contributed by atoms with Gasteiger partial charge in [-0.2, -0.15) is 0 Å². The maximum absolute atomic E-state index is 13.4. The molecule has 0 atom stereocenters. The number of fused-ring (bicyclic) bond motifs is 1. The third kappa shape index (κ3) is 2.70. The lowest BCUT2D eigenvalue weighted by Gasteiger charge is -2.03. The summed E-state index contributed by atoms with van der Waals surface area (Å²) in [6, 6.07) is 15.2. The molecule has 2 aromatic carbocycles. The average Bonchev–Trinajstić information content (AvgIpc) is 2.79. The highest BCUT2D eigenvalue weighted by atomic mass is 35.5. The van der Waals surface area contributed by atoms with Gasteiger partial charge in [-0.15, -0.1) is 23.7 Å². The number of halogens is 2. The van der Waals surface area contributed by atoms with Crippen LogP contribution in [0, 0.1) is 5.82 Å². The van der Waals surface area contributed by atoms with E-state index >= 15 is 0 Å². The summed E-state index contributed by atoms with van der Waals surface area (Å²) in [5.74, 6) is -0.191. The molecule has 3 rings (SSSR count). The molecule has 0 radical (unpaired) electrons. The molecule has 4 heteroatoms. The van der Waals surface area contributed by atoms with Gasteiger partial charge in [-0.25, -0.2) is 4.39 Å². The van der Waals surface area contributed by atoms with Gasteiger partial charge in [0.25, 0.3) is 0 Å². The second-order valence-electron chi connectivity index (χ2n) is 4.45. The van der Waals surface area contributed by atoms with Crippen LogP contribution in [0.25, 0.3) is 20.5 Å². The number of rotatable bonds is 3. The third-order valence-corrected chi connectivity index (χ3v) is 4.45. The van der Waals surface area contributed by atoms with Crippen molar-refractivity contribution in [3.8, 4) is 10.4 Å². The van der Waals surface area contributed by atoms with Crippen molar-refractivity contribution < 1.29 is 4.39 Å². The molecule has 0 amide bonds. The standard InChI is InChI=1S/C16H14FNS.ClH/c17-12-6-7-15-14(10-12)13(8-9-18)16(19-15)11-4-2-1-3-5-11;/h1-7,10H,8-9,18H2;1H. The predicted octanol–water partition coefficient (Wildman–Crippen LogP) is 4.63. The van der Waals surface area contributed by atoms with Crippen LogP contribution in [-0.2, 0) is 6.42 Å². The molecule has 0 bridgehead atoms. The Hall–Kier alpha value is -1.42. The number of hydrogen-bond donors (Lipinski definition) is 1. The van der Waals surface area contributed by atoms with Gasteiger partial charge in [-0.1, -0.05) is 30.3 Å². The minimum Gasteiger partial charge on any atom is -0.330 e. The van der Waals surface area contributed by atoms with E-state index < -0.39 is 0 Å². The van der Waals surface area contributed by atoms with Crippen LogP contribution in [0.3, 0.4) is 0 Å². The smallest absolute Gasteiger partial charge is 0.123 e. The Morgan fingerprint density at radius 2 is 1.80 bits per heavy atom. The minimum absolute atomic E-state index is 0. The first-order valence-electron chi connectivity index (χ1n) is 6.26. The first-order valence-corrected chi connectivity index (χ1v) is 7.07. The molecule has 2 N–H and O–H groups in total.